The summed E-state index contributed by atoms with van der Waals surface area (Å²) in [5.41, 5.74) is 3.73. The number of carbonyl (C=O) groups is 1. The molecular formula is C28H24FN3O2. The van der Waals surface area contributed by atoms with Crippen LogP contribution in [0.25, 0.3) is 5.76 Å². The number of rotatable bonds is 3. The summed E-state index contributed by atoms with van der Waals surface area (Å²) < 4.78 is 15.2. The van der Waals surface area contributed by atoms with Crippen LogP contribution in [0.1, 0.15) is 41.9 Å². The van der Waals surface area contributed by atoms with Gasteiger partial charge < -0.3 is 5.11 Å². The first-order valence-electron chi connectivity index (χ1n) is 11.3. The first-order valence-corrected chi connectivity index (χ1v) is 11.3. The van der Waals surface area contributed by atoms with Gasteiger partial charge in [0.25, 0.3) is 0 Å². The molecule has 0 spiro atoms. The van der Waals surface area contributed by atoms with Crippen LogP contribution in [0.5, 0.6) is 0 Å². The minimum Gasteiger partial charge on any atom is -0.507 e. The molecule has 1 aliphatic carbocycles. The minimum atomic E-state index is -0.884. The molecule has 2 aliphatic rings. The number of Topliss-reactive ketones (excluding diaryl/α,β-unsaturated/α-hetero) is 1. The van der Waals surface area contributed by atoms with Gasteiger partial charge in [0.05, 0.1) is 11.9 Å². The summed E-state index contributed by atoms with van der Waals surface area (Å²) in [5, 5.41) is 20.7. The first-order chi connectivity index (χ1) is 16.5. The number of benzene rings is 2. The summed E-state index contributed by atoms with van der Waals surface area (Å²) in [7, 11) is 0. The number of nitrogens with one attached hydrogen (secondary N) is 1. The van der Waals surface area contributed by atoms with E-state index in [4.69, 9.17) is 0 Å². The Kier molecular flexibility index (Phi) is 5.57. The van der Waals surface area contributed by atoms with Crippen molar-refractivity contribution in [3.8, 4) is 0 Å². The number of pyridine rings is 1. The molecule has 0 amide bonds. The Morgan fingerprint density at radius 3 is 2.56 bits per heavy atom. The summed E-state index contributed by atoms with van der Waals surface area (Å²) >= 11 is 0. The van der Waals surface area contributed by atoms with E-state index in [0.717, 1.165) is 5.56 Å². The lowest BCUT2D eigenvalue weighted by atomic mass is 9.73. The van der Waals surface area contributed by atoms with E-state index >= 15 is 4.39 Å². The lowest BCUT2D eigenvalue weighted by molar-refractivity contribution is -0.116. The van der Waals surface area contributed by atoms with Gasteiger partial charge in [0, 0.05) is 46.5 Å². The van der Waals surface area contributed by atoms with Gasteiger partial charge in [0.15, 0.2) is 5.78 Å². The monoisotopic (exact) mass is 453 g/mol. The molecule has 170 valence electrons. The topological polar surface area (TPSA) is 77.3 Å². The second kappa shape index (κ2) is 8.71. The highest BCUT2D eigenvalue weighted by atomic mass is 19.1. The van der Waals surface area contributed by atoms with Gasteiger partial charge >= 0.3 is 0 Å². The summed E-state index contributed by atoms with van der Waals surface area (Å²) in [6, 6.07) is 17.1. The van der Waals surface area contributed by atoms with Gasteiger partial charge in [-0.25, -0.2) is 4.39 Å². The molecule has 0 saturated heterocycles. The highest BCUT2D eigenvalue weighted by Gasteiger charge is 2.44. The van der Waals surface area contributed by atoms with E-state index in [0.29, 0.717) is 41.8 Å². The van der Waals surface area contributed by atoms with Crippen LogP contribution in [0.15, 0.2) is 89.9 Å². The normalized spacial score (nSPS) is 19.8. The molecule has 5 nitrogen and oxygen atoms in total. The SMILES string of the molecule is Cc1ccc(C(O)=C2C(=N)N(c3cccnc3)C3=C(C(=O)CCC3)[C@@H]2c2ccccc2F)cc1. The Labute approximate surface area is 197 Å². The van der Waals surface area contributed by atoms with Crippen LogP contribution >= 0.6 is 0 Å². The molecule has 1 aliphatic heterocycles. The quantitative estimate of drug-likeness (QED) is 0.471. The maximum atomic E-state index is 15.2. The number of halogens is 1. The number of carbonyl (C=O) groups excluding carboxylic acids is 1. The van der Waals surface area contributed by atoms with Gasteiger partial charge in [-0.15, -0.1) is 0 Å². The molecule has 6 heteroatoms. The van der Waals surface area contributed by atoms with Crippen LogP contribution in [0.2, 0.25) is 0 Å². The summed E-state index contributed by atoms with van der Waals surface area (Å²) in [5.74, 6) is -1.59. The molecule has 0 fully saturated rings. The number of aryl methyl sites for hydroxylation is 1. The minimum absolute atomic E-state index is 0.00720. The van der Waals surface area contributed by atoms with Gasteiger partial charge in [0.2, 0.25) is 0 Å². The van der Waals surface area contributed by atoms with Crippen LogP contribution in [-0.4, -0.2) is 21.7 Å². The number of hydrogen-bond acceptors (Lipinski definition) is 4. The van der Waals surface area contributed by atoms with Crippen LogP contribution in [0.3, 0.4) is 0 Å². The van der Waals surface area contributed by atoms with Gasteiger partial charge in [-0.3, -0.25) is 20.1 Å². The molecule has 0 unspecified atom stereocenters. The molecule has 1 aromatic heterocycles. The smallest absolute Gasteiger partial charge is 0.161 e. The lowest BCUT2D eigenvalue weighted by Gasteiger charge is -2.41. The lowest BCUT2D eigenvalue weighted by Crippen LogP contribution is -2.42. The zero-order chi connectivity index (χ0) is 23.8. The highest BCUT2D eigenvalue weighted by Crippen LogP contribution is 2.48. The van der Waals surface area contributed by atoms with Gasteiger partial charge in [-0.2, -0.15) is 0 Å². The number of anilines is 1. The predicted octanol–water partition coefficient (Wildman–Crippen LogP) is 6.09. The van der Waals surface area contributed by atoms with Crippen LogP contribution in [-0.2, 0) is 4.79 Å². The molecular weight excluding hydrogens is 429 g/mol. The number of allylic oxidation sites excluding steroid dienone is 2. The van der Waals surface area contributed by atoms with Crippen molar-refractivity contribution in [2.75, 3.05) is 4.90 Å². The van der Waals surface area contributed by atoms with Crippen molar-refractivity contribution in [3.05, 3.63) is 112 Å². The molecule has 2 N–H and O–H groups in total. The van der Waals surface area contributed by atoms with Crippen molar-refractivity contribution in [2.24, 2.45) is 0 Å². The Balaban J connectivity index is 1.84. The number of aliphatic hydroxyl groups is 1. The van der Waals surface area contributed by atoms with E-state index in [1.807, 2.05) is 25.1 Å². The van der Waals surface area contributed by atoms with E-state index in [9.17, 15) is 15.3 Å². The average molecular weight is 454 g/mol. The zero-order valence-corrected chi connectivity index (χ0v) is 18.8. The van der Waals surface area contributed by atoms with Crippen molar-refractivity contribution >= 4 is 23.1 Å². The Hall–Kier alpha value is -4.06. The summed E-state index contributed by atoms with van der Waals surface area (Å²) in [4.78, 5) is 19.2. The van der Waals surface area contributed by atoms with Gasteiger partial charge in [-0.1, -0.05) is 48.0 Å². The number of hydrogen-bond donors (Lipinski definition) is 2. The van der Waals surface area contributed by atoms with Crippen LogP contribution in [0, 0.1) is 18.2 Å². The number of aromatic nitrogens is 1. The van der Waals surface area contributed by atoms with E-state index < -0.39 is 11.7 Å². The molecule has 2 aromatic carbocycles. The van der Waals surface area contributed by atoms with Gasteiger partial charge in [0.1, 0.15) is 17.4 Å². The van der Waals surface area contributed by atoms with Crippen molar-refractivity contribution in [1.82, 2.24) is 4.98 Å². The van der Waals surface area contributed by atoms with Gasteiger partial charge in [-0.05, 0) is 38.0 Å². The Morgan fingerprint density at radius 2 is 1.85 bits per heavy atom. The molecule has 1 atom stereocenters. The van der Waals surface area contributed by atoms with Crippen molar-refractivity contribution in [1.29, 1.82) is 5.41 Å². The maximum absolute atomic E-state index is 15.2. The van der Waals surface area contributed by atoms with Crippen LogP contribution < -0.4 is 4.90 Å². The fraction of sp³-hybridized carbons (Fsp3) is 0.179. The first kappa shape index (κ1) is 21.8. The Bertz CT molecular complexity index is 1340. The molecule has 34 heavy (non-hydrogen) atoms. The molecule has 2 heterocycles. The maximum Gasteiger partial charge on any atom is 0.161 e. The van der Waals surface area contributed by atoms with Crippen molar-refractivity contribution in [2.45, 2.75) is 32.1 Å². The predicted molar refractivity (Wildman–Crippen MR) is 130 cm³/mol. The molecule has 0 saturated carbocycles. The number of aliphatic hydroxyl groups excluding tert-OH is 1. The largest absolute Gasteiger partial charge is 0.507 e. The van der Waals surface area contributed by atoms with E-state index in [-0.39, 0.29) is 28.5 Å². The number of nitrogens with zero attached hydrogens (tertiary/aromatic N) is 2. The van der Waals surface area contributed by atoms with E-state index in [1.165, 1.54) is 6.07 Å². The number of amidine groups is 1. The Morgan fingerprint density at radius 1 is 1.09 bits per heavy atom. The molecule has 0 radical (unpaired) electrons. The van der Waals surface area contributed by atoms with E-state index in [2.05, 4.69) is 4.98 Å². The highest BCUT2D eigenvalue weighted by molar-refractivity contribution is 6.19. The molecule has 5 rings (SSSR count). The second-order valence-electron chi connectivity index (χ2n) is 8.62. The summed E-state index contributed by atoms with van der Waals surface area (Å²) in [6.45, 7) is 1.95. The number of ketones is 1. The van der Waals surface area contributed by atoms with Crippen molar-refractivity contribution in [3.63, 3.8) is 0 Å². The standard InChI is InChI=1S/C28H24FN3O2/c1-17-11-13-18(14-12-17)27(34)26-24(20-7-2-3-8-21(20)29)25-22(9-4-10-23(25)33)32(28(26)30)19-6-5-15-31-16-19/h2-3,5-8,11-16,24,30,34H,4,9-10H2,1H3/t24-/m0/s1. The van der Waals surface area contributed by atoms with Crippen molar-refractivity contribution < 1.29 is 14.3 Å². The summed E-state index contributed by atoms with van der Waals surface area (Å²) in [6.07, 6.45) is 4.83. The third kappa shape index (κ3) is 3.61. The third-order valence-corrected chi connectivity index (χ3v) is 6.46. The average Bonchev–Trinajstić information content (AvgIpc) is 2.84. The zero-order valence-electron chi connectivity index (χ0n) is 18.8. The fourth-order valence-corrected chi connectivity index (χ4v) is 4.85. The second-order valence-corrected chi connectivity index (χ2v) is 8.62. The molecule has 3 aromatic rings. The molecule has 0 bridgehead atoms. The van der Waals surface area contributed by atoms with Crippen LogP contribution in [0.4, 0.5) is 10.1 Å². The van der Waals surface area contributed by atoms with E-state index in [1.54, 1.807) is 53.7 Å². The fourth-order valence-electron chi connectivity index (χ4n) is 4.85. The third-order valence-electron chi connectivity index (χ3n) is 6.46.